The molecule has 0 atom stereocenters. The van der Waals surface area contributed by atoms with Crippen molar-refractivity contribution in [2.45, 2.75) is 19.9 Å². The predicted molar refractivity (Wildman–Crippen MR) is 52.9 cm³/mol. The highest BCUT2D eigenvalue weighted by Crippen LogP contribution is 2.22. The molecule has 0 aliphatic rings. The lowest BCUT2D eigenvalue weighted by molar-refractivity contribution is 0.617. The van der Waals surface area contributed by atoms with Gasteiger partial charge in [-0.3, -0.25) is 0 Å². The van der Waals surface area contributed by atoms with Crippen molar-refractivity contribution in [3.63, 3.8) is 0 Å². The molecule has 68 valence electrons. The molecular weight excluding hydrogens is 186 g/mol. The van der Waals surface area contributed by atoms with Crippen LogP contribution in [0.3, 0.4) is 0 Å². The maximum absolute atomic E-state index is 5.98. The number of hydrogen-bond acceptors (Lipinski definition) is 2. The van der Waals surface area contributed by atoms with Gasteiger partial charge in [-0.15, -0.1) is 0 Å². The van der Waals surface area contributed by atoms with E-state index in [0.717, 1.165) is 11.0 Å². The minimum atomic E-state index is 0.353. The Morgan fingerprint density at radius 1 is 1.38 bits per heavy atom. The largest absolute Gasteiger partial charge is 0.326 e. The van der Waals surface area contributed by atoms with Crippen LogP contribution in [0.2, 0.25) is 5.15 Å². The average Bonchev–Trinajstić information content (AvgIpc) is 2.49. The molecule has 2 aromatic heterocycles. The monoisotopic (exact) mass is 195 g/mol. The number of imidazole rings is 1. The minimum Gasteiger partial charge on any atom is -0.326 e. The van der Waals surface area contributed by atoms with Crippen LogP contribution in [0.4, 0.5) is 0 Å². The molecule has 0 bridgehead atoms. The zero-order valence-electron chi connectivity index (χ0n) is 7.53. The van der Waals surface area contributed by atoms with Crippen molar-refractivity contribution in [1.82, 2.24) is 14.5 Å². The van der Waals surface area contributed by atoms with Gasteiger partial charge in [-0.05, 0) is 19.9 Å². The third-order valence-corrected chi connectivity index (χ3v) is 2.27. The number of pyridine rings is 1. The Hall–Kier alpha value is -1.09. The van der Waals surface area contributed by atoms with E-state index in [0.29, 0.717) is 11.2 Å². The van der Waals surface area contributed by atoms with E-state index in [9.17, 15) is 0 Å². The molecular formula is C9H10ClN3. The van der Waals surface area contributed by atoms with E-state index in [2.05, 4.69) is 23.8 Å². The van der Waals surface area contributed by atoms with Gasteiger partial charge in [0.05, 0.1) is 11.8 Å². The van der Waals surface area contributed by atoms with Crippen LogP contribution in [-0.4, -0.2) is 14.5 Å². The van der Waals surface area contributed by atoms with Gasteiger partial charge in [0.2, 0.25) is 0 Å². The van der Waals surface area contributed by atoms with E-state index in [1.165, 1.54) is 0 Å². The van der Waals surface area contributed by atoms with Gasteiger partial charge in [-0.2, -0.15) is 0 Å². The predicted octanol–water partition coefficient (Wildman–Crippen LogP) is 2.67. The van der Waals surface area contributed by atoms with Gasteiger partial charge >= 0.3 is 0 Å². The molecule has 0 aromatic carbocycles. The van der Waals surface area contributed by atoms with Gasteiger partial charge in [0.1, 0.15) is 5.52 Å². The van der Waals surface area contributed by atoms with Gasteiger partial charge in [0, 0.05) is 12.2 Å². The van der Waals surface area contributed by atoms with Gasteiger partial charge in [-0.1, -0.05) is 11.6 Å². The molecule has 0 radical (unpaired) electrons. The highest BCUT2D eigenvalue weighted by Gasteiger charge is 2.08. The quantitative estimate of drug-likeness (QED) is 0.655. The molecule has 0 saturated carbocycles. The van der Waals surface area contributed by atoms with Crippen LogP contribution in [0, 0.1) is 0 Å². The summed E-state index contributed by atoms with van der Waals surface area (Å²) in [4.78, 5) is 8.27. The summed E-state index contributed by atoms with van der Waals surface area (Å²) in [5.74, 6) is 0. The molecule has 0 unspecified atom stereocenters. The number of aromatic nitrogens is 3. The summed E-state index contributed by atoms with van der Waals surface area (Å²) in [7, 11) is 0. The second-order valence-electron chi connectivity index (χ2n) is 3.22. The van der Waals surface area contributed by atoms with Crippen LogP contribution in [0.25, 0.3) is 11.0 Å². The minimum absolute atomic E-state index is 0.353. The number of fused-ring (bicyclic) bond motifs is 1. The van der Waals surface area contributed by atoms with E-state index in [1.807, 2.05) is 10.6 Å². The number of hydrogen-bond donors (Lipinski definition) is 0. The summed E-state index contributed by atoms with van der Waals surface area (Å²) < 4.78 is 2.02. The molecule has 0 aliphatic heterocycles. The maximum atomic E-state index is 5.98. The van der Waals surface area contributed by atoms with Gasteiger partial charge in [0.25, 0.3) is 0 Å². The summed E-state index contributed by atoms with van der Waals surface area (Å²) >= 11 is 5.98. The lowest BCUT2D eigenvalue weighted by Gasteiger charge is -2.07. The normalized spacial score (nSPS) is 11.4. The SMILES string of the molecule is CC(C)n1cnc2ccnc(Cl)c21. The Morgan fingerprint density at radius 2 is 2.15 bits per heavy atom. The smallest absolute Gasteiger partial charge is 0.154 e. The van der Waals surface area contributed by atoms with Crippen LogP contribution in [-0.2, 0) is 0 Å². The first-order valence-electron chi connectivity index (χ1n) is 4.17. The van der Waals surface area contributed by atoms with Crippen LogP contribution < -0.4 is 0 Å². The van der Waals surface area contributed by atoms with Crippen LogP contribution in [0.15, 0.2) is 18.6 Å². The molecule has 13 heavy (non-hydrogen) atoms. The summed E-state index contributed by atoms with van der Waals surface area (Å²) in [6, 6.07) is 2.21. The van der Waals surface area contributed by atoms with Crippen molar-refractivity contribution >= 4 is 22.6 Å². The molecule has 2 rings (SSSR count). The molecule has 2 aromatic rings. The molecule has 4 heteroatoms. The summed E-state index contributed by atoms with van der Waals surface area (Å²) in [5.41, 5.74) is 1.81. The first-order chi connectivity index (χ1) is 6.20. The summed E-state index contributed by atoms with van der Waals surface area (Å²) in [6.45, 7) is 4.18. The lowest BCUT2D eigenvalue weighted by atomic mass is 10.3. The summed E-state index contributed by atoms with van der Waals surface area (Å²) in [5, 5.41) is 0.517. The third kappa shape index (κ3) is 1.29. The van der Waals surface area contributed by atoms with E-state index in [1.54, 1.807) is 12.5 Å². The molecule has 0 spiro atoms. The second kappa shape index (κ2) is 3.00. The van der Waals surface area contributed by atoms with Crippen molar-refractivity contribution in [3.8, 4) is 0 Å². The fourth-order valence-corrected chi connectivity index (χ4v) is 1.59. The van der Waals surface area contributed by atoms with Crippen LogP contribution >= 0.6 is 11.6 Å². The van der Waals surface area contributed by atoms with E-state index in [-0.39, 0.29) is 0 Å². The van der Waals surface area contributed by atoms with E-state index < -0.39 is 0 Å². The Labute approximate surface area is 81.4 Å². The standard InChI is InChI=1S/C9H10ClN3/c1-6(2)13-5-12-7-3-4-11-9(10)8(7)13/h3-6H,1-2H3. The molecule has 0 amide bonds. The molecule has 0 saturated heterocycles. The van der Waals surface area contributed by atoms with Crippen molar-refractivity contribution in [3.05, 3.63) is 23.7 Å². The van der Waals surface area contributed by atoms with Gasteiger partial charge < -0.3 is 4.57 Å². The highest BCUT2D eigenvalue weighted by atomic mass is 35.5. The van der Waals surface area contributed by atoms with Crippen molar-refractivity contribution in [1.29, 1.82) is 0 Å². The Morgan fingerprint density at radius 3 is 2.85 bits per heavy atom. The van der Waals surface area contributed by atoms with Crippen molar-refractivity contribution in [2.75, 3.05) is 0 Å². The maximum Gasteiger partial charge on any atom is 0.154 e. The number of nitrogens with zero attached hydrogens (tertiary/aromatic N) is 3. The lowest BCUT2D eigenvalue weighted by Crippen LogP contribution is -1.98. The van der Waals surface area contributed by atoms with Gasteiger partial charge in [0.15, 0.2) is 5.15 Å². The number of halogens is 1. The average molecular weight is 196 g/mol. The third-order valence-electron chi connectivity index (χ3n) is 1.99. The first-order valence-corrected chi connectivity index (χ1v) is 4.55. The van der Waals surface area contributed by atoms with Gasteiger partial charge in [-0.25, -0.2) is 9.97 Å². The Bertz CT molecular complexity index is 433. The molecule has 2 heterocycles. The first kappa shape index (κ1) is 8.51. The fraction of sp³-hybridized carbons (Fsp3) is 0.333. The van der Waals surface area contributed by atoms with Crippen LogP contribution in [0.1, 0.15) is 19.9 Å². The molecule has 0 aliphatic carbocycles. The Balaban J connectivity index is 2.79. The van der Waals surface area contributed by atoms with E-state index in [4.69, 9.17) is 11.6 Å². The van der Waals surface area contributed by atoms with Crippen LogP contribution in [0.5, 0.6) is 0 Å². The van der Waals surface area contributed by atoms with E-state index >= 15 is 0 Å². The zero-order valence-corrected chi connectivity index (χ0v) is 8.28. The Kier molecular flexibility index (Phi) is 1.96. The highest BCUT2D eigenvalue weighted by molar-refractivity contribution is 6.33. The molecule has 0 fully saturated rings. The zero-order chi connectivity index (χ0) is 9.42. The van der Waals surface area contributed by atoms with Crippen molar-refractivity contribution in [2.24, 2.45) is 0 Å². The second-order valence-corrected chi connectivity index (χ2v) is 3.57. The fourth-order valence-electron chi connectivity index (χ4n) is 1.34. The summed E-state index contributed by atoms with van der Waals surface area (Å²) in [6.07, 6.45) is 3.46. The topological polar surface area (TPSA) is 30.7 Å². The van der Waals surface area contributed by atoms with Crippen molar-refractivity contribution < 1.29 is 0 Å². The number of rotatable bonds is 1. The molecule has 3 nitrogen and oxygen atoms in total. The molecule has 0 N–H and O–H groups in total.